The van der Waals surface area contributed by atoms with Gasteiger partial charge in [0.15, 0.2) is 11.0 Å². The molecular weight excluding hydrogens is 322 g/mol. The maximum absolute atomic E-state index is 5.92. The molecule has 4 rings (SSSR count). The molecule has 0 saturated carbocycles. The molecule has 0 amide bonds. The van der Waals surface area contributed by atoms with Crippen LogP contribution in [0.4, 0.5) is 0 Å². The number of aromatic nitrogens is 3. The van der Waals surface area contributed by atoms with E-state index >= 15 is 0 Å². The van der Waals surface area contributed by atoms with E-state index in [2.05, 4.69) is 39.9 Å². The summed E-state index contributed by atoms with van der Waals surface area (Å²) in [5, 5.41) is 0. The van der Waals surface area contributed by atoms with Gasteiger partial charge in [0.05, 0.1) is 18.6 Å². The normalized spacial score (nSPS) is 12.9. The number of nitrogens with zero attached hydrogens (tertiary/aromatic N) is 3. The first kappa shape index (κ1) is 15.5. The number of pyridine rings is 1. The number of methoxy groups -OCH3 is 1. The summed E-state index contributed by atoms with van der Waals surface area (Å²) in [6.07, 6.45) is 2.95. The number of hydrogen-bond donors (Lipinski definition) is 0. The Hall–Kier alpha value is -2.05. The molecule has 0 saturated heterocycles. The van der Waals surface area contributed by atoms with Gasteiger partial charge in [0, 0.05) is 43.7 Å². The van der Waals surface area contributed by atoms with Gasteiger partial charge in [-0.2, -0.15) is 3.97 Å². The standard InChI is InChI=1S/C18H20N3O2S/c1-13-16-12-24-21-15-7-4-3-6-14(15)19-18(21)20(16)9-8-17(13)23-11-5-10-22-2/h3-4,6-9H,5,10-12H2,1-2H3/q+1. The lowest BCUT2D eigenvalue weighted by Crippen LogP contribution is -2.41. The van der Waals surface area contributed by atoms with E-state index in [4.69, 9.17) is 14.5 Å². The molecule has 5 nitrogen and oxygen atoms in total. The lowest BCUT2D eigenvalue weighted by molar-refractivity contribution is -0.612. The Bertz CT molecular complexity index is 891. The second-order valence-electron chi connectivity index (χ2n) is 5.78. The van der Waals surface area contributed by atoms with E-state index in [9.17, 15) is 0 Å². The highest BCUT2D eigenvalue weighted by molar-refractivity contribution is 7.97. The van der Waals surface area contributed by atoms with E-state index in [0.717, 1.165) is 41.5 Å². The smallest absolute Gasteiger partial charge is 0.415 e. The Morgan fingerprint density at radius 2 is 2.12 bits per heavy atom. The molecule has 1 aliphatic rings. The number of rotatable bonds is 5. The highest BCUT2D eigenvalue weighted by atomic mass is 32.2. The van der Waals surface area contributed by atoms with Crippen LogP contribution in [0.1, 0.15) is 17.7 Å². The first-order valence-electron chi connectivity index (χ1n) is 8.06. The first-order chi connectivity index (χ1) is 11.8. The third kappa shape index (κ3) is 2.56. The summed E-state index contributed by atoms with van der Waals surface area (Å²) in [4.78, 5) is 4.80. The van der Waals surface area contributed by atoms with Crippen LogP contribution in [0.15, 0.2) is 36.5 Å². The van der Waals surface area contributed by atoms with E-state index in [1.807, 2.05) is 12.1 Å². The molecule has 0 N–H and O–H groups in total. The van der Waals surface area contributed by atoms with Gasteiger partial charge in [-0.1, -0.05) is 17.1 Å². The van der Waals surface area contributed by atoms with E-state index in [-0.39, 0.29) is 0 Å². The van der Waals surface area contributed by atoms with Gasteiger partial charge < -0.3 is 9.47 Å². The monoisotopic (exact) mass is 342 g/mol. The lowest BCUT2D eigenvalue weighted by atomic mass is 10.2. The van der Waals surface area contributed by atoms with E-state index in [1.165, 1.54) is 11.3 Å². The van der Waals surface area contributed by atoms with Gasteiger partial charge in [0.1, 0.15) is 11.4 Å². The highest BCUT2D eigenvalue weighted by Gasteiger charge is 2.30. The van der Waals surface area contributed by atoms with Gasteiger partial charge in [0.25, 0.3) is 0 Å². The Morgan fingerprint density at radius 3 is 3.00 bits per heavy atom. The van der Waals surface area contributed by atoms with Gasteiger partial charge in [-0.3, -0.25) is 0 Å². The minimum atomic E-state index is 0.670. The molecule has 124 valence electrons. The van der Waals surface area contributed by atoms with Crippen LogP contribution >= 0.6 is 11.9 Å². The number of ether oxygens (including phenoxy) is 2. The van der Waals surface area contributed by atoms with Crippen molar-refractivity contribution in [3.05, 3.63) is 47.8 Å². The average Bonchev–Trinajstić information content (AvgIpc) is 2.99. The second-order valence-corrected chi connectivity index (χ2v) is 6.70. The Morgan fingerprint density at radius 1 is 1.25 bits per heavy atom. The molecule has 2 aromatic heterocycles. The Labute approximate surface area is 145 Å². The van der Waals surface area contributed by atoms with Crippen LogP contribution < -0.4 is 9.30 Å². The van der Waals surface area contributed by atoms with Crippen LogP contribution in [-0.2, 0) is 10.5 Å². The quantitative estimate of drug-likeness (QED) is 0.528. The van der Waals surface area contributed by atoms with Crippen LogP contribution in [0.3, 0.4) is 0 Å². The molecule has 3 aromatic rings. The molecule has 0 radical (unpaired) electrons. The van der Waals surface area contributed by atoms with Crippen molar-refractivity contribution < 1.29 is 14.0 Å². The summed E-state index contributed by atoms with van der Waals surface area (Å²) in [7, 11) is 1.71. The third-order valence-corrected chi connectivity index (χ3v) is 5.29. The minimum Gasteiger partial charge on any atom is -0.493 e. The van der Waals surface area contributed by atoms with E-state index < -0.39 is 0 Å². The lowest BCUT2D eigenvalue weighted by Gasteiger charge is -2.17. The Kier molecular flexibility index (Phi) is 4.16. The fourth-order valence-corrected chi connectivity index (χ4v) is 4.13. The number of imidazole rings is 1. The van der Waals surface area contributed by atoms with Crippen LogP contribution in [-0.4, -0.2) is 29.3 Å². The molecule has 0 spiro atoms. The molecular formula is C18H20N3O2S+. The summed E-state index contributed by atoms with van der Waals surface area (Å²) >= 11 is 1.78. The summed E-state index contributed by atoms with van der Waals surface area (Å²) in [5.41, 5.74) is 4.61. The topological polar surface area (TPSA) is 40.2 Å². The average molecular weight is 342 g/mol. The minimum absolute atomic E-state index is 0.670. The number of hydrogen-bond acceptors (Lipinski definition) is 4. The van der Waals surface area contributed by atoms with Crippen molar-refractivity contribution in [2.24, 2.45) is 0 Å². The predicted octanol–water partition coefficient (Wildman–Crippen LogP) is 3.05. The van der Waals surface area contributed by atoms with Gasteiger partial charge in [-0.05, 0) is 19.1 Å². The zero-order valence-electron chi connectivity index (χ0n) is 13.9. The zero-order valence-corrected chi connectivity index (χ0v) is 14.7. The molecule has 0 bridgehead atoms. The summed E-state index contributed by atoms with van der Waals surface area (Å²) in [6.45, 7) is 3.51. The number of benzene rings is 1. The van der Waals surface area contributed by atoms with Crippen molar-refractivity contribution in [3.63, 3.8) is 0 Å². The molecule has 1 aromatic carbocycles. The molecule has 0 fully saturated rings. The maximum atomic E-state index is 5.92. The van der Waals surface area contributed by atoms with Crippen molar-refractivity contribution in [3.8, 4) is 11.7 Å². The molecule has 3 heterocycles. The van der Waals surface area contributed by atoms with Gasteiger partial charge in [0.2, 0.25) is 0 Å². The fraction of sp³-hybridized carbons (Fsp3) is 0.333. The fourth-order valence-electron chi connectivity index (χ4n) is 2.98. The Balaban J connectivity index is 1.70. The van der Waals surface area contributed by atoms with Crippen LogP contribution in [0.25, 0.3) is 17.0 Å². The SMILES string of the molecule is COCCCOc1cc[n+]2c(c1C)CSn1c-2nc2ccccc21. The van der Waals surface area contributed by atoms with Gasteiger partial charge in [-0.25, -0.2) is 4.57 Å². The van der Waals surface area contributed by atoms with Crippen molar-refractivity contribution in [2.75, 3.05) is 20.3 Å². The maximum Gasteiger partial charge on any atom is 0.415 e. The molecule has 24 heavy (non-hydrogen) atoms. The van der Waals surface area contributed by atoms with Gasteiger partial charge >= 0.3 is 5.95 Å². The highest BCUT2D eigenvalue weighted by Crippen LogP contribution is 2.31. The predicted molar refractivity (Wildman–Crippen MR) is 94.7 cm³/mol. The summed E-state index contributed by atoms with van der Waals surface area (Å²) < 4.78 is 15.4. The molecule has 0 atom stereocenters. The molecule has 0 unspecified atom stereocenters. The molecule has 6 heteroatoms. The van der Waals surface area contributed by atoms with Crippen molar-refractivity contribution in [1.29, 1.82) is 0 Å². The van der Waals surface area contributed by atoms with Crippen LogP contribution in [0.5, 0.6) is 5.75 Å². The van der Waals surface area contributed by atoms with Gasteiger partial charge in [-0.15, -0.1) is 0 Å². The first-order valence-corrected chi connectivity index (χ1v) is 9.01. The van der Waals surface area contributed by atoms with E-state index in [0.29, 0.717) is 6.61 Å². The van der Waals surface area contributed by atoms with Crippen molar-refractivity contribution >= 4 is 23.0 Å². The largest absolute Gasteiger partial charge is 0.493 e. The third-order valence-electron chi connectivity index (χ3n) is 4.27. The molecule has 0 aliphatic carbocycles. The van der Waals surface area contributed by atoms with Crippen LogP contribution in [0, 0.1) is 6.92 Å². The van der Waals surface area contributed by atoms with Crippen molar-refractivity contribution in [2.45, 2.75) is 19.1 Å². The second kappa shape index (κ2) is 6.45. The number of para-hydroxylation sites is 2. The summed E-state index contributed by atoms with van der Waals surface area (Å²) in [6, 6.07) is 10.3. The zero-order chi connectivity index (χ0) is 16.5. The summed E-state index contributed by atoms with van der Waals surface area (Å²) in [5.74, 6) is 2.80. The molecule has 1 aliphatic heterocycles. The van der Waals surface area contributed by atoms with Crippen LogP contribution in [0.2, 0.25) is 0 Å². The van der Waals surface area contributed by atoms with E-state index in [1.54, 1.807) is 19.1 Å². The van der Waals surface area contributed by atoms with Crippen molar-refractivity contribution in [1.82, 2.24) is 8.96 Å². The number of fused-ring (bicyclic) bond motifs is 5.